The lowest BCUT2D eigenvalue weighted by molar-refractivity contribution is -0.123. The lowest BCUT2D eigenvalue weighted by atomic mass is 10.3. The number of ether oxygens (including phenoxy) is 2. The standard InChI is InChI=1S/C20H19ClN2O6S/c1-27-15-6-4-14(5-7-15)23-30(25,26)17-8-9-19(18(21)11-17)29-13-20(24)22-12-16-3-2-10-28-16/h2-11,23H,12-13H2,1H3,(H,22,24). The van der Waals surface area contributed by atoms with E-state index in [2.05, 4.69) is 10.0 Å². The van der Waals surface area contributed by atoms with Crippen molar-refractivity contribution in [2.45, 2.75) is 11.4 Å². The Morgan fingerprint density at radius 1 is 1.13 bits per heavy atom. The molecule has 0 spiro atoms. The van der Waals surface area contributed by atoms with Crippen molar-refractivity contribution in [3.05, 3.63) is 71.6 Å². The van der Waals surface area contributed by atoms with Gasteiger partial charge in [0.05, 0.1) is 29.8 Å². The van der Waals surface area contributed by atoms with Crippen LogP contribution in [0.2, 0.25) is 5.02 Å². The fourth-order valence-electron chi connectivity index (χ4n) is 2.43. The van der Waals surface area contributed by atoms with Crippen molar-refractivity contribution in [2.75, 3.05) is 18.4 Å². The third-order valence-electron chi connectivity index (χ3n) is 3.95. The van der Waals surface area contributed by atoms with Gasteiger partial charge in [-0.3, -0.25) is 9.52 Å². The van der Waals surface area contributed by atoms with E-state index in [0.717, 1.165) is 0 Å². The van der Waals surface area contributed by atoms with Gasteiger partial charge in [-0.1, -0.05) is 11.6 Å². The summed E-state index contributed by atoms with van der Waals surface area (Å²) in [4.78, 5) is 11.8. The molecule has 2 aromatic carbocycles. The highest BCUT2D eigenvalue weighted by Gasteiger charge is 2.17. The number of methoxy groups -OCH3 is 1. The normalized spacial score (nSPS) is 11.0. The fraction of sp³-hybridized carbons (Fsp3) is 0.150. The molecule has 3 aromatic rings. The van der Waals surface area contributed by atoms with E-state index in [1.165, 1.54) is 31.6 Å². The first-order valence-electron chi connectivity index (χ1n) is 8.76. The van der Waals surface area contributed by atoms with Crippen molar-refractivity contribution in [3.8, 4) is 11.5 Å². The summed E-state index contributed by atoms with van der Waals surface area (Å²) in [5, 5.41) is 2.69. The Bertz CT molecular complexity index is 1100. The minimum Gasteiger partial charge on any atom is -0.497 e. The first kappa shape index (κ1) is 21.5. The molecule has 10 heteroatoms. The molecule has 1 aromatic heterocycles. The van der Waals surface area contributed by atoms with Crippen molar-refractivity contribution in [1.29, 1.82) is 0 Å². The van der Waals surface area contributed by atoms with Crippen molar-refractivity contribution in [1.82, 2.24) is 5.32 Å². The number of sulfonamides is 1. The predicted molar refractivity (Wildman–Crippen MR) is 111 cm³/mol. The second kappa shape index (κ2) is 9.55. The summed E-state index contributed by atoms with van der Waals surface area (Å²) in [6, 6.07) is 13.9. The molecule has 0 atom stereocenters. The second-order valence-corrected chi connectivity index (χ2v) is 8.16. The van der Waals surface area contributed by atoms with Crippen LogP contribution in [0.15, 0.2) is 70.2 Å². The summed E-state index contributed by atoms with van der Waals surface area (Å²) in [5.41, 5.74) is 0.375. The molecule has 2 N–H and O–H groups in total. The van der Waals surface area contributed by atoms with Crippen LogP contribution < -0.4 is 19.5 Å². The summed E-state index contributed by atoms with van der Waals surface area (Å²) >= 11 is 6.14. The van der Waals surface area contributed by atoms with Gasteiger partial charge in [0, 0.05) is 5.69 Å². The highest BCUT2D eigenvalue weighted by atomic mass is 35.5. The minimum atomic E-state index is -3.86. The van der Waals surface area contributed by atoms with Crippen molar-refractivity contribution in [2.24, 2.45) is 0 Å². The Kier molecular flexibility index (Phi) is 6.86. The third-order valence-corrected chi connectivity index (χ3v) is 5.63. The molecule has 0 bridgehead atoms. The van der Waals surface area contributed by atoms with Crippen molar-refractivity contribution in [3.63, 3.8) is 0 Å². The molecule has 158 valence electrons. The number of carbonyl (C=O) groups is 1. The molecule has 0 aliphatic carbocycles. The number of amides is 1. The molecule has 0 radical (unpaired) electrons. The molecule has 0 unspecified atom stereocenters. The van der Waals surface area contributed by atoms with E-state index < -0.39 is 10.0 Å². The Balaban J connectivity index is 1.59. The summed E-state index contributed by atoms with van der Waals surface area (Å²) in [6.07, 6.45) is 1.51. The van der Waals surface area contributed by atoms with Gasteiger partial charge in [-0.25, -0.2) is 8.42 Å². The molecule has 1 heterocycles. The second-order valence-electron chi connectivity index (χ2n) is 6.07. The van der Waals surface area contributed by atoms with Crippen LogP contribution in [0.4, 0.5) is 5.69 Å². The minimum absolute atomic E-state index is 0.0436. The number of anilines is 1. The molecule has 0 saturated carbocycles. The van der Waals surface area contributed by atoms with Crippen LogP contribution in [0, 0.1) is 0 Å². The maximum atomic E-state index is 12.6. The largest absolute Gasteiger partial charge is 0.497 e. The summed E-state index contributed by atoms with van der Waals surface area (Å²) in [6.45, 7) is -0.0479. The zero-order valence-corrected chi connectivity index (χ0v) is 17.5. The van der Waals surface area contributed by atoms with E-state index >= 15 is 0 Å². The summed E-state index contributed by atoms with van der Waals surface area (Å²) in [7, 11) is -2.34. The smallest absolute Gasteiger partial charge is 0.261 e. The van der Waals surface area contributed by atoms with Gasteiger partial charge in [0.25, 0.3) is 15.9 Å². The van der Waals surface area contributed by atoms with Gasteiger partial charge in [0.1, 0.15) is 17.3 Å². The number of nitrogens with one attached hydrogen (secondary N) is 2. The van der Waals surface area contributed by atoms with E-state index in [1.807, 2.05) is 0 Å². The Morgan fingerprint density at radius 2 is 1.90 bits per heavy atom. The highest BCUT2D eigenvalue weighted by Crippen LogP contribution is 2.28. The van der Waals surface area contributed by atoms with Gasteiger partial charge >= 0.3 is 0 Å². The third kappa shape index (κ3) is 5.68. The van der Waals surface area contributed by atoms with Crippen LogP contribution >= 0.6 is 11.6 Å². The topological polar surface area (TPSA) is 107 Å². The zero-order valence-electron chi connectivity index (χ0n) is 15.9. The van der Waals surface area contributed by atoms with Crippen LogP contribution in [-0.4, -0.2) is 28.0 Å². The molecule has 1 amide bonds. The van der Waals surface area contributed by atoms with Gasteiger partial charge in [-0.2, -0.15) is 0 Å². The van der Waals surface area contributed by atoms with Crippen LogP contribution in [0.3, 0.4) is 0 Å². The predicted octanol–water partition coefficient (Wildman–Crippen LogP) is 3.44. The van der Waals surface area contributed by atoms with Gasteiger partial charge in [0.15, 0.2) is 6.61 Å². The molecule has 0 aliphatic rings. The van der Waals surface area contributed by atoms with E-state index in [1.54, 1.807) is 36.4 Å². The average Bonchev–Trinajstić information content (AvgIpc) is 3.25. The van der Waals surface area contributed by atoms with Crippen LogP contribution in [0.1, 0.15) is 5.76 Å². The number of benzene rings is 2. The molecule has 0 fully saturated rings. The number of carbonyl (C=O) groups excluding carboxylic acids is 1. The lowest BCUT2D eigenvalue weighted by Crippen LogP contribution is -2.28. The molecular weight excluding hydrogens is 432 g/mol. The first-order valence-corrected chi connectivity index (χ1v) is 10.6. The van der Waals surface area contributed by atoms with Gasteiger partial charge in [0.2, 0.25) is 0 Å². The zero-order chi connectivity index (χ0) is 21.6. The number of rotatable bonds is 9. The molecule has 30 heavy (non-hydrogen) atoms. The first-order chi connectivity index (χ1) is 14.4. The van der Waals surface area contributed by atoms with Gasteiger partial charge in [-0.15, -0.1) is 0 Å². The fourth-order valence-corrected chi connectivity index (χ4v) is 3.82. The van der Waals surface area contributed by atoms with E-state index in [0.29, 0.717) is 17.2 Å². The summed E-state index contributed by atoms with van der Waals surface area (Å²) in [5.74, 6) is 1.03. The molecule has 3 rings (SSSR count). The van der Waals surface area contributed by atoms with Gasteiger partial charge < -0.3 is 19.2 Å². The maximum Gasteiger partial charge on any atom is 0.261 e. The Morgan fingerprint density at radius 3 is 2.53 bits per heavy atom. The maximum absolute atomic E-state index is 12.6. The van der Waals surface area contributed by atoms with Crippen LogP contribution in [-0.2, 0) is 21.4 Å². The molecule has 0 saturated heterocycles. The number of hydrogen-bond acceptors (Lipinski definition) is 6. The van der Waals surface area contributed by atoms with Crippen LogP contribution in [0.25, 0.3) is 0 Å². The highest BCUT2D eigenvalue weighted by molar-refractivity contribution is 7.92. The number of halogens is 1. The number of furan rings is 1. The van der Waals surface area contributed by atoms with E-state index in [4.69, 9.17) is 25.5 Å². The molecule has 0 aliphatic heterocycles. The quantitative estimate of drug-likeness (QED) is 0.517. The SMILES string of the molecule is COc1ccc(NS(=O)(=O)c2ccc(OCC(=O)NCc3ccco3)c(Cl)c2)cc1. The lowest BCUT2D eigenvalue weighted by Gasteiger charge is -2.11. The Hall–Kier alpha value is -3.17. The van der Waals surface area contributed by atoms with E-state index in [-0.39, 0.29) is 34.7 Å². The average molecular weight is 451 g/mol. The van der Waals surface area contributed by atoms with Gasteiger partial charge in [-0.05, 0) is 54.6 Å². The van der Waals surface area contributed by atoms with E-state index in [9.17, 15) is 13.2 Å². The van der Waals surface area contributed by atoms with Crippen LogP contribution in [0.5, 0.6) is 11.5 Å². The van der Waals surface area contributed by atoms with Crippen molar-refractivity contribution >= 4 is 33.2 Å². The Labute approximate surface area is 178 Å². The molecular formula is C20H19ClN2O6S. The monoisotopic (exact) mass is 450 g/mol. The molecule has 8 nitrogen and oxygen atoms in total. The number of hydrogen-bond donors (Lipinski definition) is 2. The van der Waals surface area contributed by atoms with Crippen molar-refractivity contribution < 1.29 is 27.1 Å². The summed E-state index contributed by atoms with van der Waals surface area (Å²) < 4.78 is 43.1.